The van der Waals surface area contributed by atoms with Crippen molar-refractivity contribution in [3.8, 4) is 50.6 Å². The molecule has 0 atom stereocenters. The lowest BCUT2D eigenvalue weighted by atomic mass is 9.88. The second kappa shape index (κ2) is 17.5. The number of hydrogen-bond acceptors (Lipinski definition) is 3. The van der Waals surface area contributed by atoms with E-state index >= 15 is 0 Å². The minimum atomic E-state index is 0.607. The molecule has 0 unspecified atom stereocenters. The van der Waals surface area contributed by atoms with Crippen molar-refractivity contribution in [3.63, 3.8) is 0 Å². The molecule has 0 spiro atoms. The van der Waals surface area contributed by atoms with Crippen molar-refractivity contribution in [2.45, 2.75) is 6.92 Å². The fourth-order valence-corrected chi connectivity index (χ4v) is 10.2. The van der Waals surface area contributed by atoms with E-state index in [2.05, 4.69) is 265 Å². The standard InChI is InChI=1S/C66H45N3/c1-45-42-54-30-41-62-64-55(43-56(44-67)66(62)69(59-36-26-52(27-37-59)48-18-10-4-11-19-48)60-38-28-53(29-39-60)49-20-12-5-13-21-49)31-40-61(63(54)64)65(45)68(57-32-22-50(23-33-57)46-14-6-2-7-15-46)58-34-24-51(25-35-58)47-16-8-3-9-17-47/h2-43H,1H3. The summed E-state index contributed by atoms with van der Waals surface area (Å²) in [5.41, 5.74) is 17.1. The lowest BCUT2D eigenvalue weighted by molar-refractivity contribution is 1.27. The van der Waals surface area contributed by atoms with Crippen molar-refractivity contribution in [2.24, 2.45) is 0 Å². The number of aryl methyl sites for hydroxylation is 1. The molecule has 0 aliphatic heterocycles. The third-order valence-corrected chi connectivity index (χ3v) is 13.5. The second-order valence-electron chi connectivity index (χ2n) is 17.7. The highest BCUT2D eigenvalue weighted by molar-refractivity contribution is 6.29. The Morgan fingerprint density at radius 1 is 0.304 bits per heavy atom. The summed E-state index contributed by atoms with van der Waals surface area (Å²) in [5, 5.41) is 17.8. The van der Waals surface area contributed by atoms with E-state index < -0.39 is 0 Å². The molecule has 0 radical (unpaired) electrons. The Hall–Kier alpha value is -9.23. The Bertz CT molecular complexity index is 3620. The highest BCUT2D eigenvalue weighted by atomic mass is 15.2. The first-order valence-electron chi connectivity index (χ1n) is 23.5. The quantitative estimate of drug-likeness (QED) is 0.128. The summed E-state index contributed by atoms with van der Waals surface area (Å²) in [6.07, 6.45) is 0. The SMILES string of the molecule is Cc1cc2ccc3c(N(c4ccc(-c5ccccc5)cc4)c4ccc(-c5ccccc5)cc4)c(C#N)cc4ccc(c1N(c1ccc(-c5ccccc5)cc1)c1ccc(-c5ccccc5)cc1)c2c43. The first-order valence-corrected chi connectivity index (χ1v) is 23.5. The van der Waals surface area contributed by atoms with Gasteiger partial charge in [0.15, 0.2) is 0 Å². The number of rotatable bonds is 10. The molecule has 0 saturated carbocycles. The maximum Gasteiger partial charge on any atom is 0.101 e. The van der Waals surface area contributed by atoms with Crippen LogP contribution in [-0.2, 0) is 0 Å². The van der Waals surface area contributed by atoms with Crippen LogP contribution in [0, 0.1) is 18.3 Å². The summed E-state index contributed by atoms with van der Waals surface area (Å²) in [6.45, 7) is 2.23. The van der Waals surface area contributed by atoms with Crippen LogP contribution in [0.4, 0.5) is 34.1 Å². The minimum Gasteiger partial charge on any atom is -0.310 e. The number of hydrogen-bond donors (Lipinski definition) is 0. The van der Waals surface area contributed by atoms with Gasteiger partial charge in [-0.15, -0.1) is 0 Å². The van der Waals surface area contributed by atoms with Crippen LogP contribution >= 0.6 is 0 Å². The minimum absolute atomic E-state index is 0.607. The molecule has 0 saturated heterocycles. The number of nitrogens with zero attached hydrogens (tertiary/aromatic N) is 3. The van der Waals surface area contributed by atoms with Gasteiger partial charge in [0.1, 0.15) is 6.07 Å². The zero-order valence-electron chi connectivity index (χ0n) is 38.1. The van der Waals surface area contributed by atoms with Gasteiger partial charge >= 0.3 is 0 Å². The Balaban J connectivity index is 1.07. The monoisotopic (exact) mass is 879 g/mol. The molecular weight excluding hydrogens is 835 g/mol. The van der Waals surface area contributed by atoms with Crippen LogP contribution in [0.5, 0.6) is 0 Å². The normalized spacial score (nSPS) is 11.2. The summed E-state index contributed by atoms with van der Waals surface area (Å²) >= 11 is 0. The average Bonchev–Trinajstić information content (AvgIpc) is 3.42. The van der Waals surface area contributed by atoms with Crippen molar-refractivity contribution in [3.05, 3.63) is 266 Å². The molecule has 3 heteroatoms. The highest BCUT2D eigenvalue weighted by Crippen LogP contribution is 2.50. The predicted octanol–water partition coefficient (Wildman–Crippen LogP) is 18.4. The van der Waals surface area contributed by atoms with E-state index in [0.717, 1.165) is 88.9 Å². The van der Waals surface area contributed by atoms with Crippen molar-refractivity contribution >= 4 is 66.4 Å². The number of nitriles is 1. The van der Waals surface area contributed by atoms with Crippen LogP contribution in [-0.4, -0.2) is 0 Å². The Morgan fingerprint density at radius 2 is 0.594 bits per heavy atom. The van der Waals surface area contributed by atoms with Crippen molar-refractivity contribution in [2.75, 3.05) is 9.80 Å². The molecule has 324 valence electrons. The van der Waals surface area contributed by atoms with E-state index in [-0.39, 0.29) is 0 Å². The fraction of sp³-hybridized carbons (Fsp3) is 0.0152. The zero-order chi connectivity index (χ0) is 46.3. The van der Waals surface area contributed by atoms with E-state index in [9.17, 15) is 5.26 Å². The number of benzene rings is 12. The first-order chi connectivity index (χ1) is 34.1. The smallest absolute Gasteiger partial charge is 0.101 e. The van der Waals surface area contributed by atoms with Gasteiger partial charge in [0.05, 0.1) is 16.9 Å². The molecule has 0 fully saturated rings. The lowest BCUT2D eigenvalue weighted by Crippen LogP contribution is -2.13. The van der Waals surface area contributed by atoms with Crippen LogP contribution in [0.25, 0.3) is 76.8 Å². The summed E-state index contributed by atoms with van der Waals surface area (Å²) in [6, 6.07) is 93.4. The molecule has 0 aliphatic rings. The molecule has 0 bridgehead atoms. The van der Waals surface area contributed by atoms with E-state index in [4.69, 9.17) is 0 Å². The zero-order valence-corrected chi connectivity index (χ0v) is 38.1. The molecule has 0 aliphatic carbocycles. The summed E-state index contributed by atoms with van der Waals surface area (Å²) in [7, 11) is 0. The first kappa shape index (κ1) is 41.2. The van der Waals surface area contributed by atoms with Crippen molar-refractivity contribution in [1.82, 2.24) is 0 Å². The van der Waals surface area contributed by atoms with Crippen LogP contribution in [0.1, 0.15) is 11.1 Å². The maximum atomic E-state index is 11.1. The van der Waals surface area contributed by atoms with Gasteiger partial charge in [-0.05, 0) is 139 Å². The van der Waals surface area contributed by atoms with Gasteiger partial charge in [0, 0.05) is 33.5 Å². The maximum absolute atomic E-state index is 11.1. The molecular formula is C66H45N3. The summed E-state index contributed by atoms with van der Waals surface area (Å²) < 4.78 is 0. The van der Waals surface area contributed by atoms with Gasteiger partial charge < -0.3 is 9.80 Å². The largest absolute Gasteiger partial charge is 0.310 e. The van der Waals surface area contributed by atoms with E-state index in [0.29, 0.717) is 5.56 Å². The van der Waals surface area contributed by atoms with Crippen LogP contribution in [0.2, 0.25) is 0 Å². The second-order valence-corrected chi connectivity index (χ2v) is 17.7. The highest BCUT2D eigenvalue weighted by Gasteiger charge is 2.26. The Kier molecular flexibility index (Phi) is 10.5. The Labute approximate surface area is 403 Å². The molecule has 0 aromatic heterocycles. The van der Waals surface area contributed by atoms with Crippen LogP contribution in [0.3, 0.4) is 0 Å². The summed E-state index contributed by atoms with van der Waals surface area (Å²) in [5.74, 6) is 0. The van der Waals surface area contributed by atoms with Gasteiger partial charge in [0.25, 0.3) is 0 Å². The molecule has 12 aromatic carbocycles. The molecule has 3 nitrogen and oxygen atoms in total. The van der Waals surface area contributed by atoms with Crippen LogP contribution < -0.4 is 9.80 Å². The molecule has 69 heavy (non-hydrogen) atoms. The molecule has 0 amide bonds. The van der Waals surface area contributed by atoms with Gasteiger partial charge in [-0.3, -0.25) is 0 Å². The summed E-state index contributed by atoms with van der Waals surface area (Å²) in [4.78, 5) is 4.69. The van der Waals surface area contributed by atoms with E-state index in [1.54, 1.807) is 0 Å². The lowest BCUT2D eigenvalue weighted by Gasteiger charge is -2.31. The van der Waals surface area contributed by atoms with Crippen molar-refractivity contribution in [1.29, 1.82) is 5.26 Å². The van der Waals surface area contributed by atoms with E-state index in [1.807, 2.05) is 12.1 Å². The average molecular weight is 880 g/mol. The predicted molar refractivity (Wildman–Crippen MR) is 291 cm³/mol. The molecule has 12 rings (SSSR count). The number of anilines is 6. The van der Waals surface area contributed by atoms with Gasteiger partial charge in [-0.2, -0.15) is 5.26 Å². The topological polar surface area (TPSA) is 30.3 Å². The Morgan fingerprint density at radius 3 is 0.928 bits per heavy atom. The van der Waals surface area contributed by atoms with Crippen LogP contribution in [0.15, 0.2) is 255 Å². The van der Waals surface area contributed by atoms with Gasteiger partial charge in [-0.25, -0.2) is 0 Å². The van der Waals surface area contributed by atoms with Crippen molar-refractivity contribution < 1.29 is 0 Å². The van der Waals surface area contributed by atoms with Gasteiger partial charge in [0.2, 0.25) is 0 Å². The molecule has 12 aromatic rings. The van der Waals surface area contributed by atoms with Gasteiger partial charge in [-0.1, -0.05) is 194 Å². The third-order valence-electron chi connectivity index (χ3n) is 13.5. The molecule has 0 N–H and O–H groups in total. The fourth-order valence-electron chi connectivity index (χ4n) is 10.2. The third kappa shape index (κ3) is 7.51. The molecule has 0 heterocycles. The van der Waals surface area contributed by atoms with E-state index in [1.165, 1.54) is 27.6 Å².